The van der Waals surface area contributed by atoms with Crippen LogP contribution in [-0.2, 0) is 33.2 Å². The summed E-state index contributed by atoms with van der Waals surface area (Å²) in [6, 6.07) is -0.983. The molecule has 17 atom stereocenters. The Kier molecular flexibility index (Phi) is 42.2. The second-order valence-corrected chi connectivity index (χ2v) is 23.6. The Morgan fingerprint density at radius 3 is 1.21 bits per heavy atom. The van der Waals surface area contributed by atoms with Gasteiger partial charge in [0.1, 0.15) is 73.2 Å². The number of hydrogen-bond acceptors (Lipinski definition) is 18. The van der Waals surface area contributed by atoms with Gasteiger partial charge in [-0.05, 0) is 25.7 Å². The average Bonchev–Trinajstić information content (AvgIpc) is 3.62. The van der Waals surface area contributed by atoms with Crippen molar-refractivity contribution in [3.8, 4) is 0 Å². The summed E-state index contributed by atoms with van der Waals surface area (Å²) in [6.07, 6.45) is 23.7. The Morgan fingerprint density at radius 2 is 0.780 bits per heavy atom. The second-order valence-electron chi connectivity index (χ2n) is 23.6. The van der Waals surface area contributed by atoms with E-state index in [-0.39, 0.29) is 18.9 Å². The fourth-order valence-electron chi connectivity index (χ4n) is 11.1. The molecule has 0 spiro atoms. The van der Waals surface area contributed by atoms with E-state index in [9.17, 15) is 61.0 Å². The first-order chi connectivity index (χ1) is 39.8. The molecule has 3 fully saturated rings. The molecule has 0 radical (unpaired) electrons. The van der Waals surface area contributed by atoms with Crippen LogP contribution in [0.4, 0.5) is 0 Å². The summed E-state index contributed by atoms with van der Waals surface area (Å²) in [6.45, 7) is 1.63. The van der Waals surface area contributed by atoms with Gasteiger partial charge in [0, 0.05) is 6.42 Å². The summed E-state index contributed by atoms with van der Waals surface area (Å²) in [5.74, 6) is -0.285. The van der Waals surface area contributed by atoms with Crippen molar-refractivity contribution in [1.29, 1.82) is 0 Å². The molecule has 82 heavy (non-hydrogen) atoms. The van der Waals surface area contributed by atoms with E-state index in [0.717, 1.165) is 44.9 Å². The first-order valence-corrected chi connectivity index (χ1v) is 32.6. The van der Waals surface area contributed by atoms with Crippen molar-refractivity contribution in [3.63, 3.8) is 0 Å². The lowest BCUT2D eigenvalue weighted by Gasteiger charge is -2.48. The van der Waals surface area contributed by atoms with Crippen LogP contribution >= 0.6 is 0 Å². The zero-order chi connectivity index (χ0) is 59.7. The van der Waals surface area contributed by atoms with Crippen molar-refractivity contribution in [2.75, 3.05) is 26.4 Å². The van der Waals surface area contributed by atoms with Crippen LogP contribution in [0.25, 0.3) is 0 Å². The highest BCUT2D eigenvalue weighted by molar-refractivity contribution is 5.76. The molecular weight excluding hydrogens is 1060 g/mol. The number of aliphatic hydroxyl groups excluding tert-OH is 11. The highest BCUT2D eigenvalue weighted by Crippen LogP contribution is 2.33. The molecule has 17 unspecified atom stereocenters. The average molecular weight is 1180 g/mol. The van der Waals surface area contributed by atoms with E-state index in [1.165, 1.54) is 161 Å². The summed E-state index contributed by atoms with van der Waals surface area (Å²) < 4.78 is 34.2. The number of unbranched alkanes of at least 4 members (excludes halogenated alkanes) is 31. The largest absolute Gasteiger partial charge is 0.394 e. The molecule has 0 saturated carbocycles. The van der Waals surface area contributed by atoms with E-state index in [1.54, 1.807) is 6.08 Å². The molecule has 19 nitrogen and oxygen atoms in total. The Hall–Kier alpha value is -1.73. The standard InChI is InChI=1S/C63H117NO18/c1-3-5-7-9-11-13-14-15-16-17-18-19-20-21-22-23-24-25-26-27-28-29-30-31-32-33-35-37-39-41-51(69)64-46(47(68)40-38-36-34-12-10-8-6-4-2)45-77-61-57(75)54(72)59(49(43-66)79-61)82-63-58(76)55(73)60(50(44-67)80-63)81-62-56(74)53(71)52(70)48(42-65)78-62/h10,12,38,40,46-50,52-63,65-68,70-76H,3-9,11,13-37,39,41-45H2,1-2H3,(H,64,69)/b12-10+,40-38+. The Balaban J connectivity index is 1.35. The van der Waals surface area contributed by atoms with Crippen molar-refractivity contribution < 1.29 is 89.4 Å². The third-order valence-electron chi connectivity index (χ3n) is 16.5. The number of hydrogen-bond donors (Lipinski definition) is 12. The van der Waals surface area contributed by atoms with Gasteiger partial charge in [0.15, 0.2) is 18.9 Å². The highest BCUT2D eigenvalue weighted by atomic mass is 16.8. The number of rotatable bonds is 49. The molecule has 3 saturated heterocycles. The first-order valence-electron chi connectivity index (χ1n) is 32.6. The van der Waals surface area contributed by atoms with E-state index in [0.29, 0.717) is 12.8 Å². The number of ether oxygens (including phenoxy) is 6. The predicted octanol–water partition coefficient (Wildman–Crippen LogP) is 7.10. The molecule has 12 N–H and O–H groups in total. The van der Waals surface area contributed by atoms with Crippen molar-refractivity contribution in [3.05, 3.63) is 24.3 Å². The van der Waals surface area contributed by atoms with Gasteiger partial charge in [0.2, 0.25) is 5.91 Å². The molecule has 0 bridgehead atoms. The van der Waals surface area contributed by atoms with E-state index in [4.69, 9.17) is 28.4 Å². The first kappa shape index (κ1) is 74.5. The van der Waals surface area contributed by atoms with Gasteiger partial charge < -0.3 is 89.9 Å². The van der Waals surface area contributed by atoms with Gasteiger partial charge in [-0.2, -0.15) is 0 Å². The van der Waals surface area contributed by atoms with Crippen LogP contribution in [0, 0.1) is 0 Å². The lowest BCUT2D eigenvalue weighted by atomic mass is 9.96. The van der Waals surface area contributed by atoms with Crippen LogP contribution in [0.3, 0.4) is 0 Å². The SMILES string of the molecule is CCCC/C=C/CC/C=C/C(O)C(COC1OC(CO)C(OC2OC(CO)C(OC3OC(CO)C(O)C(O)C3O)C(O)C2O)C(O)C1O)NC(=O)CCCCCCCCCCCCCCCCCCCCCCCCCCCCCCC. The smallest absolute Gasteiger partial charge is 0.220 e. The predicted molar refractivity (Wildman–Crippen MR) is 314 cm³/mol. The van der Waals surface area contributed by atoms with Crippen molar-refractivity contribution in [1.82, 2.24) is 5.32 Å². The highest BCUT2D eigenvalue weighted by Gasteiger charge is 2.53. The molecule has 0 aromatic heterocycles. The van der Waals surface area contributed by atoms with Crippen LogP contribution in [0.1, 0.15) is 239 Å². The molecule has 19 heteroatoms. The molecule has 0 aliphatic carbocycles. The maximum Gasteiger partial charge on any atom is 0.220 e. The van der Waals surface area contributed by atoms with E-state index in [2.05, 4.69) is 31.3 Å². The van der Waals surface area contributed by atoms with Gasteiger partial charge in [-0.3, -0.25) is 4.79 Å². The normalized spacial score (nSPS) is 29.7. The van der Waals surface area contributed by atoms with Crippen LogP contribution in [0.15, 0.2) is 24.3 Å². The molecule has 482 valence electrons. The number of aliphatic hydroxyl groups is 11. The Labute approximate surface area is 492 Å². The van der Waals surface area contributed by atoms with Gasteiger partial charge in [0.05, 0.1) is 38.6 Å². The van der Waals surface area contributed by atoms with E-state index < -0.39 is 124 Å². The lowest BCUT2D eigenvalue weighted by Crippen LogP contribution is -2.66. The zero-order valence-corrected chi connectivity index (χ0v) is 50.5. The van der Waals surface area contributed by atoms with Gasteiger partial charge in [0.25, 0.3) is 0 Å². The Morgan fingerprint density at radius 1 is 0.427 bits per heavy atom. The minimum Gasteiger partial charge on any atom is -0.394 e. The van der Waals surface area contributed by atoms with Gasteiger partial charge in [-0.15, -0.1) is 0 Å². The van der Waals surface area contributed by atoms with Crippen molar-refractivity contribution >= 4 is 5.91 Å². The monoisotopic (exact) mass is 1180 g/mol. The molecule has 3 aliphatic heterocycles. The number of carbonyl (C=O) groups excluding carboxylic acids is 1. The summed E-state index contributed by atoms with van der Waals surface area (Å²) in [7, 11) is 0. The summed E-state index contributed by atoms with van der Waals surface area (Å²) in [5.41, 5.74) is 0. The Bertz CT molecular complexity index is 1590. The molecular formula is C63H117NO18. The second kappa shape index (κ2) is 46.4. The van der Waals surface area contributed by atoms with Crippen molar-refractivity contribution in [2.45, 2.75) is 343 Å². The summed E-state index contributed by atoms with van der Waals surface area (Å²) in [5, 5.41) is 120. The number of carbonyl (C=O) groups is 1. The van der Waals surface area contributed by atoms with Gasteiger partial charge in [-0.25, -0.2) is 0 Å². The zero-order valence-electron chi connectivity index (χ0n) is 50.5. The summed E-state index contributed by atoms with van der Waals surface area (Å²) in [4.78, 5) is 13.3. The lowest BCUT2D eigenvalue weighted by molar-refractivity contribution is -0.379. The molecule has 0 aromatic rings. The third-order valence-corrected chi connectivity index (χ3v) is 16.5. The van der Waals surface area contributed by atoms with Gasteiger partial charge >= 0.3 is 0 Å². The van der Waals surface area contributed by atoms with Crippen LogP contribution in [0.2, 0.25) is 0 Å². The fraction of sp³-hybridized carbons (Fsp3) is 0.921. The molecule has 3 rings (SSSR count). The quantitative estimate of drug-likeness (QED) is 0.0213. The minimum atomic E-state index is -1.98. The fourth-order valence-corrected chi connectivity index (χ4v) is 11.1. The number of nitrogens with one attached hydrogen (secondary N) is 1. The molecule has 1 amide bonds. The van der Waals surface area contributed by atoms with Crippen LogP contribution < -0.4 is 5.32 Å². The van der Waals surface area contributed by atoms with Gasteiger partial charge in [-0.1, -0.05) is 231 Å². The van der Waals surface area contributed by atoms with E-state index >= 15 is 0 Å². The van der Waals surface area contributed by atoms with E-state index in [1.807, 2.05) is 6.08 Å². The molecule has 0 aromatic carbocycles. The number of allylic oxidation sites excluding steroid dienone is 3. The van der Waals surface area contributed by atoms with Crippen LogP contribution in [0.5, 0.6) is 0 Å². The van der Waals surface area contributed by atoms with Crippen LogP contribution in [-0.4, -0.2) is 193 Å². The third kappa shape index (κ3) is 29.3. The topological polar surface area (TPSA) is 307 Å². The summed E-state index contributed by atoms with van der Waals surface area (Å²) >= 11 is 0. The number of amides is 1. The molecule has 3 aliphatic rings. The molecule has 3 heterocycles. The maximum atomic E-state index is 13.3. The maximum absolute atomic E-state index is 13.3. The minimum absolute atomic E-state index is 0.239. The van der Waals surface area contributed by atoms with Crippen molar-refractivity contribution in [2.24, 2.45) is 0 Å².